The van der Waals surface area contributed by atoms with Gasteiger partial charge in [-0.3, -0.25) is 19.0 Å². The second-order valence-corrected chi connectivity index (χ2v) is 10.2. The van der Waals surface area contributed by atoms with Gasteiger partial charge >= 0.3 is 5.97 Å². The van der Waals surface area contributed by atoms with Crippen LogP contribution in [-0.2, 0) is 21.8 Å². The maximum atomic E-state index is 13.4. The van der Waals surface area contributed by atoms with Crippen LogP contribution in [0.4, 0.5) is 11.4 Å². The molecule has 12 heteroatoms. The minimum atomic E-state index is -4.39. The molecule has 3 aromatic carbocycles. The van der Waals surface area contributed by atoms with Crippen LogP contribution < -0.4 is 15.6 Å². The molecule has 0 radical (unpaired) electrons. The number of halogens is 1. The lowest BCUT2D eigenvalue weighted by Crippen LogP contribution is -2.23. The highest BCUT2D eigenvalue weighted by Gasteiger charge is 2.26. The number of nitrogens with zero attached hydrogens (tertiary/aromatic N) is 2. The average Bonchev–Trinajstić information content (AvgIpc) is 3.11. The average molecular weight is 555 g/mol. The first-order chi connectivity index (χ1) is 18.0. The second kappa shape index (κ2) is 10.6. The number of hydrogen-bond donors (Lipinski definition) is 2. The summed E-state index contributed by atoms with van der Waals surface area (Å²) in [5, 5.41) is 2.43. The Bertz CT molecular complexity index is 1710. The van der Waals surface area contributed by atoms with Crippen molar-refractivity contribution in [2.24, 2.45) is 7.05 Å². The van der Waals surface area contributed by atoms with E-state index in [1.165, 1.54) is 40.7 Å². The largest absolute Gasteiger partial charge is 0.465 e. The van der Waals surface area contributed by atoms with Gasteiger partial charge in [0, 0.05) is 12.6 Å². The van der Waals surface area contributed by atoms with Crippen LogP contribution in [0.3, 0.4) is 0 Å². The van der Waals surface area contributed by atoms with Gasteiger partial charge in [0.1, 0.15) is 10.6 Å². The van der Waals surface area contributed by atoms with Crippen LogP contribution in [0.5, 0.6) is 0 Å². The van der Waals surface area contributed by atoms with Gasteiger partial charge in [0.25, 0.3) is 21.5 Å². The molecule has 0 fully saturated rings. The number of esters is 1. The first-order valence-corrected chi connectivity index (χ1v) is 13.1. The molecule has 196 valence electrons. The molecule has 1 aromatic heterocycles. The maximum absolute atomic E-state index is 13.4. The molecule has 0 aliphatic rings. The number of hydrogen-bond acceptors (Lipinski definition) is 6. The van der Waals surface area contributed by atoms with Gasteiger partial charge in [-0.15, -0.1) is 0 Å². The lowest BCUT2D eigenvalue weighted by atomic mass is 10.1. The van der Waals surface area contributed by atoms with Crippen molar-refractivity contribution in [3.63, 3.8) is 0 Å². The van der Waals surface area contributed by atoms with Gasteiger partial charge in [-0.2, -0.15) is 0 Å². The van der Waals surface area contributed by atoms with Crippen molar-refractivity contribution in [2.45, 2.75) is 11.8 Å². The van der Waals surface area contributed by atoms with E-state index in [2.05, 4.69) is 10.0 Å². The highest BCUT2D eigenvalue weighted by molar-refractivity contribution is 7.92. The fraction of sp³-hybridized carbons (Fsp3) is 0.115. The lowest BCUT2D eigenvalue weighted by Gasteiger charge is -2.12. The van der Waals surface area contributed by atoms with Crippen LogP contribution in [0.2, 0.25) is 5.02 Å². The Hall–Kier alpha value is -4.35. The lowest BCUT2D eigenvalue weighted by molar-refractivity contribution is 0.0602. The second-order valence-electron chi connectivity index (χ2n) is 8.18. The smallest absolute Gasteiger partial charge is 0.339 e. The number of carbonyl (C=O) groups is 2. The number of aromatic nitrogens is 2. The zero-order valence-corrected chi connectivity index (χ0v) is 22.1. The molecule has 0 unspecified atom stereocenters. The number of ether oxygens (including phenoxy) is 1. The fourth-order valence-corrected chi connectivity index (χ4v) is 5.44. The summed E-state index contributed by atoms with van der Waals surface area (Å²) >= 11 is 6.21. The maximum Gasteiger partial charge on any atom is 0.339 e. The van der Waals surface area contributed by atoms with E-state index in [0.717, 1.165) is 6.07 Å². The summed E-state index contributed by atoms with van der Waals surface area (Å²) in [4.78, 5) is 37.8. The molecule has 1 heterocycles. The molecule has 0 saturated heterocycles. The molecule has 0 saturated carbocycles. The van der Waals surface area contributed by atoms with Crippen molar-refractivity contribution in [3.05, 3.63) is 105 Å². The molecule has 10 nitrogen and oxygen atoms in total. The van der Waals surface area contributed by atoms with E-state index in [1.54, 1.807) is 56.4 Å². The SMILES string of the molecule is COC(=O)c1ccccc1NC(=O)c1ccc(Cl)c(S(=O)(=O)Nc2c(C)n(C)n(-c3ccccc3)c2=O)c1. The van der Waals surface area contributed by atoms with Crippen molar-refractivity contribution >= 4 is 44.9 Å². The van der Waals surface area contributed by atoms with Gasteiger partial charge in [-0.1, -0.05) is 41.9 Å². The number of rotatable bonds is 7. The summed E-state index contributed by atoms with van der Waals surface area (Å²) in [6.45, 7) is 1.60. The summed E-state index contributed by atoms with van der Waals surface area (Å²) in [5.74, 6) is -1.33. The molecular formula is C26H23ClN4O6S. The third-order valence-corrected chi connectivity index (χ3v) is 7.69. The number of benzene rings is 3. The topological polar surface area (TPSA) is 128 Å². The minimum Gasteiger partial charge on any atom is -0.465 e. The number of anilines is 2. The zero-order valence-electron chi connectivity index (χ0n) is 20.6. The molecule has 0 aliphatic carbocycles. The molecule has 4 rings (SSSR count). The number of carbonyl (C=O) groups excluding carboxylic acids is 2. The van der Waals surface area contributed by atoms with E-state index < -0.39 is 32.4 Å². The predicted molar refractivity (Wildman–Crippen MR) is 144 cm³/mol. The fourth-order valence-electron chi connectivity index (χ4n) is 3.80. The molecule has 0 atom stereocenters. The monoisotopic (exact) mass is 554 g/mol. The van der Waals surface area contributed by atoms with Gasteiger partial charge in [0.2, 0.25) is 0 Å². The van der Waals surface area contributed by atoms with Crippen molar-refractivity contribution in [3.8, 4) is 5.69 Å². The molecule has 0 aliphatic heterocycles. The number of amides is 1. The van der Waals surface area contributed by atoms with E-state index in [9.17, 15) is 22.8 Å². The molecule has 0 spiro atoms. The summed E-state index contributed by atoms with van der Waals surface area (Å²) in [6, 6.07) is 18.7. The van der Waals surface area contributed by atoms with Crippen molar-refractivity contribution in [1.82, 2.24) is 9.36 Å². The summed E-state index contributed by atoms with van der Waals surface area (Å²) in [5.41, 5.74) is 0.452. The standard InChI is InChI=1S/C26H23ClN4O6S/c1-16-23(25(33)31(30(16)2)18-9-5-4-6-10-18)29-38(35,36)22-15-17(13-14-20(22)27)24(32)28-21-12-8-7-11-19(21)26(34)37-3/h4-15,29H,1-3H3,(H,28,32). The first-order valence-electron chi connectivity index (χ1n) is 11.2. The summed E-state index contributed by atoms with van der Waals surface area (Å²) < 4.78 is 36.6. The third-order valence-electron chi connectivity index (χ3n) is 5.85. The van der Waals surface area contributed by atoms with E-state index in [-0.39, 0.29) is 27.5 Å². The van der Waals surface area contributed by atoms with Gasteiger partial charge in [-0.05, 0) is 49.4 Å². The Balaban J connectivity index is 1.68. The number of methoxy groups -OCH3 is 1. The predicted octanol–water partition coefficient (Wildman–Crippen LogP) is 3.98. The van der Waals surface area contributed by atoms with E-state index in [0.29, 0.717) is 11.4 Å². The number of nitrogens with one attached hydrogen (secondary N) is 2. The Labute approximate surface area is 223 Å². The third kappa shape index (κ3) is 5.06. The van der Waals surface area contributed by atoms with Crippen LogP contribution in [0.15, 0.2) is 82.5 Å². The van der Waals surface area contributed by atoms with Gasteiger partial charge in [0.05, 0.1) is 34.8 Å². The quantitative estimate of drug-likeness (QED) is 0.333. The van der Waals surface area contributed by atoms with Gasteiger partial charge in [-0.25, -0.2) is 17.9 Å². The van der Waals surface area contributed by atoms with Gasteiger partial charge in [0.15, 0.2) is 0 Å². The summed E-state index contributed by atoms with van der Waals surface area (Å²) in [6.07, 6.45) is 0. The highest BCUT2D eigenvalue weighted by Crippen LogP contribution is 2.27. The normalized spacial score (nSPS) is 11.2. The van der Waals surface area contributed by atoms with Crippen LogP contribution >= 0.6 is 11.6 Å². The zero-order chi connectivity index (χ0) is 27.6. The highest BCUT2D eigenvalue weighted by atomic mass is 35.5. The Morgan fingerprint density at radius 3 is 2.32 bits per heavy atom. The molecular weight excluding hydrogens is 532 g/mol. The van der Waals surface area contributed by atoms with Crippen molar-refractivity contribution in [2.75, 3.05) is 17.1 Å². The first kappa shape index (κ1) is 26.7. The molecule has 1 amide bonds. The van der Waals surface area contributed by atoms with Crippen LogP contribution in [-0.4, -0.2) is 36.8 Å². The number of para-hydroxylation sites is 2. The molecule has 4 aromatic rings. The Kier molecular flexibility index (Phi) is 7.42. The summed E-state index contributed by atoms with van der Waals surface area (Å²) in [7, 11) is -1.55. The van der Waals surface area contributed by atoms with Crippen molar-refractivity contribution < 1.29 is 22.7 Å². The van der Waals surface area contributed by atoms with E-state index in [1.807, 2.05) is 0 Å². The van der Waals surface area contributed by atoms with E-state index in [4.69, 9.17) is 16.3 Å². The Morgan fingerprint density at radius 1 is 0.974 bits per heavy atom. The van der Waals surface area contributed by atoms with E-state index >= 15 is 0 Å². The molecule has 38 heavy (non-hydrogen) atoms. The van der Waals surface area contributed by atoms with Crippen LogP contribution in [0, 0.1) is 6.92 Å². The van der Waals surface area contributed by atoms with Gasteiger partial charge < -0.3 is 10.1 Å². The minimum absolute atomic E-state index is 0.0408. The number of sulfonamides is 1. The Morgan fingerprint density at radius 2 is 1.63 bits per heavy atom. The van der Waals surface area contributed by atoms with Crippen LogP contribution in [0.25, 0.3) is 5.69 Å². The molecule has 2 N–H and O–H groups in total. The van der Waals surface area contributed by atoms with Crippen molar-refractivity contribution in [1.29, 1.82) is 0 Å². The van der Waals surface area contributed by atoms with Crippen LogP contribution in [0.1, 0.15) is 26.4 Å². The molecule has 0 bridgehead atoms.